The maximum atomic E-state index is 4.78. The zero-order chi connectivity index (χ0) is 20.1. The maximum absolute atomic E-state index is 4.78. The van der Waals surface area contributed by atoms with E-state index in [2.05, 4.69) is 61.5 Å². The summed E-state index contributed by atoms with van der Waals surface area (Å²) in [6.45, 7) is 6.96. The number of halogens is 1. The molecule has 0 bridgehead atoms. The number of guanidine groups is 1. The largest absolute Gasteiger partial charge is 0.357 e. The quantitative estimate of drug-likeness (QED) is 0.297. The fourth-order valence-electron chi connectivity index (χ4n) is 3.63. The predicted molar refractivity (Wildman–Crippen MR) is 128 cm³/mol. The second-order valence-corrected chi connectivity index (χ2v) is 7.29. The summed E-state index contributed by atoms with van der Waals surface area (Å²) >= 11 is 0. The lowest BCUT2D eigenvalue weighted by atomic mass is 10.1. The number of hydrogen-bond donors (Lipinski definition) is 2. The van der Waals surface area contributed by atoms with Crippen molar-refractivity contribution in [1.29, 1.82) is 0 Å². The van der Waals surface area contributed by atoms with Crippen molar-refractivity contribution < 1.29 is 0 Å². The minimum absolute atomic E-state index is 0. The monoisotopic (exact) mass is 520 g/mol. The van der Waals surface area contributed by atoms with E-state index in [-0.39, 0.29) is 30.0 Å². The van der Waals surface area contributed by atoms with Gasteiger partial charge in [0.15, 0.2) is 5.96 Å². The maximum Gasteiger partial charge on any atom is 0.191 e. The predicted octanol–water partition coefficient (Wildman–Crippen LogP) is 2.52. The van der Waals surface area contributed by atoms with E-state index in [9.17, 15) is 0 Å². The van der Waals surface area contributed by atoms with E-state index in [1.807, 2.05) is 30.1 Å². The van der Waals surface area contributed by atoms with Gasteiger partial charge in [-0.15, -0.1) is 24.0 Å². The van der Waals surface area contributed by atoms with Crippen molar-refractivity contribution in [3.05, 3.63) is 65.8 Å². The number of aryl methyl sites for hydroxylation is 2. The summed E-state index contributed by atoms with van der Waals surface area (Å²) in [6, 6.07) is 10.7. The van der Waals surface area contributed by atoms with Crippen molar-refractivity contribution in [2.45, 2.75) is 52.4 Å². The third kappa shape index (κ3) is 5.59. The molecule has 2 N–H and O–H groups in total. The van der Waals surface area contributed by atoms with Crippen LogP contribution in [0.5, 0.6) is 0 Å². The second kappa shape index (κ2) is 10.6. The van der Waals surface area contributed by atoms with Crippen molar-refractivity contribution >= 4 is 29.9 Å². The molecule has 0 aliphatic carbocycles. The number of aliphatic imine (C=N–C) groups is 1. The van der Waals surface area contributed by atoms with Crippen LogP contribution in [0.4, 0.5) is 0 Å². The van der Waals surface area contributed by atoms with Crippen LogP contribution in [-0.2, 0) is 26.1 Å². The second-order valence-electron chi connectivity index (χ2n) is 7.29. The van der Waals surface area contributed by atoms with E-state index in [4.69, 9.17) is 4.99 Å². The lowest BCUT2D eigenvalue weighted by molar-refractivity contribution is 0.392. The van der Waals surface area contributed by atoms with Crippen molar-refractivity contribution in [1.82, 2.24) is 34.9 Å². The van der Waals surface area contributed by atoms with Crippen molar-refractivity contribution in [2.75, 3.05) is 6.54 Å². The first-order valence-corrected chi connectivity index (χ1v) is 10.2. The van der Waals surface area contributed by atoms with Crippen LogP contribution in [0.1, 0.15) is 36.4 Å². The molecule has 4 rings (SSSR count). The zero-order valence-electron chi connectivity index (χ0n) is 17.5. The van der Waals surface area contributed by atoms with E-state index >= 15 is 0 Å². The highest BCUT2D eigenvalue weighted by Crippen LogP contribution is 2.13. The number of hydrogen-bond acceptors (Lipinski definition) is 4. The molecule has 2 aromatic heterocycles. The zero-order valence-corrected chi connectivity index (χ0v) is 19.8. The Morgan fingerprint density at radius 2 is 2.10 bits per heavy atom. The number of nitrogens with zero attached hydrogens (tertiary/aromatic N) is 6. The van der Waals surface area contributed by atoms with Gasteiger partial charge in [0, 0.05) is 37.9 Å². The summed E-state index contributed by atoms with van der Waals surface area (Å²) in [7, 11) is 0. The molecule has 0 saturated carbocycles. The van der Waals surface area contributed by atoms with Gasteiger partial charge in [0.2, 0.25) is 0 Å². The van der Waals surface area contributed by atoms with E-state index in [1.54, 1.807) is 0 Å². The summed E-state index contributed by atoms with van der Waals surface area (Å²) in [5.74, 6) is 3.67. The Labute approximate surface area is 194 Å². The lowest BCUT2D eigenvalue weighted by Crippen LogP contribution is -2.47. The fourth-order valence-corrected chi connectivity index (χ4v) is 3.63. The average molecular weight is 520 g/mol. The molecule has 8 nitrogen and oxygen atoms in total. The molecule has 1 aliphatic heterocycles. The number of aromatic nitrogens is 5. The highest BCUT2D eigenvalue weighted by Gasteiger charge is 2.21. The molecule has 9 heteroatoms. The third-order valence-corrected chi connectivity index (χ3v) is 5.03. The number of benzene rings is 1. The standard InChI is InChI=1S/C21H28N8.HI/c1-3-22-21(26-18-9-10-19-25-16(2)27-29(19)15-18)24-13-20-23-11-12-28(20)14-17-7-5-4-6-8-17;/h4-8,11-12,18H,3,9-10,13-15H2,1-2H3,(H2,22,24,26);1H. The summed E-state index contributed by atoms with van der Waals surface area (Å²) in [4.78, 5) is 13.8. The first-order chi connectivity index (χ1) is 14.2. The Morgan fingerprint density at radius 1 is 1.27 bits per heavy atom. The molecule has 0 amide bonds. The molecule has 3 heterocycles. The van der Waals surface area contributed by atoms with Gasteiger partial charge in [-0.25, -0.2) is 19.6 Å². The lowest BCUT2D eigenvalue weighted by Gasteiger charge is -2.25. The Hall–Kier alpha value is -2.43. The minimum atomic E-state index is 0. The Kier molecular flexibility index (Phi) is 7.83. The minimum Gasteiger partial charge on any atom is -0.357 e. The number of fused-ring (bicyclic) bond motifs is 1. The van der Waals surface area contributed by atoms with Crippen LogP contribution < -0.4 is 10.6 Å². The Morgan fingerprint density at radius 3 is 2.90 bits per heavy atom. The van der Waals surface area contributed by atoms with Crippen LogP contribution in [0, 0.1) is 6.92 Å². The van der Waals surface area contributed by atoms with E-state index in [1.165, 1.54) is 5.56 Å². The third-order valence-electron chi connectivity index (χ3n) is 5.03. The summed E-state index contributed by atoms with van der Waals surface area (Å²) in [5.41, 5.74) is 1.25. The Bertz CT molecular complexity index is 963. The van der Waals surface area contributed by atoms with Crippen LogP contribution in [0.3, 0.4) is 0 Å². The number of imidazole rings is 1. The molecule has 0 radical (unpaired) electrons. The molecule has 1 aromatic carbocycles. The van der Waals surface area contributed by atoms with E-state index in [0.29, 0.717) is 6.54 Å². The van der Waals surface area contributed by atoms with Gasteiger partial charge in [0.05, 0.1) is 6.54 Å². The van der Waals surface area contributed by atoms with Crippen molar-refractivity contribution in [2.24, 2.45) is 4.99 Å². The van der Waals surface area contributed by atoms with Crippen LogP contribution in [0.25, 0.3) is 0 Å². The molecule has 3 aromatic rings. The molecule has 1 aliphatic rings. The molecule has 0 spiro atoms. The van der Waals surface area contributed by atoms with Crippen LogP contribution in [0.15, 0.2) is 47.7 Å². The number of rotatable bonds is 6. The van der Waals surface area contributed by atoms with Crippen LogP contribution in [0.2, 0.25) is 0 Å². The number of nitrogens with one attached hydrogen (secondary N) is 2. The molecule has 30 heavy (non-hydrogen) atoms. The first-order valence-electron chi connectivity index (χ1n) is 10.2. The summed E-state index contributed by atoms with van der Waals surface area (Å²) in [5, 5.41) is 11.4. The molecule has 0 fully saturated rings. The summed E-state index contributed by atoms with van der Waals surface area (Å²) in [6.07, 6.45) is 5.79. The van der Waals surface area contributed by atoms with Gasteiger partial charge in [-0.2, -0.15) is 5.10 Å². The average Bonchev–Trinajstić information content (AvgIpc) is 3.32. The molecular formula is C21H29IN8. The van der Waals surface area contributed by atoms with E-state index < -0.39 is 0 Å². The fraction of sp³-hybridized carbons (Fsp3) is 0.429. The topological polar surface area (TPSA) is 84.9 Å². The van der Waals surface area contributed by atoms with Crippen molar-refractivity contribution in [3.8, 4) is 0 Å². The van der Waals surface area contributed by atoms with Gasteiger partial charge in [0.1, 0.15) is 24.0 Å². The van der Waals surface area contributed by atoms with Crippen LogP contribution in [-0.4, -0.2) is 42.9 Å². The SMILES string of the molecule is CCNC(=NCc1nccn1Cc1ccccc1)NC1CCc2nc(C)nn2C1.I. The highest BCUT2D eigenvalue weighted by atomic mass is 127. The molecule has 160 valence electrons. The van der Waals surface area contributed by atoms with Gasteiger partial charge in [-0.05, 0) is 25.8 Å². The van der Waals surface area contributed by atoms with Gasteiger partial charge in [-0.3, -0.25) is 0 Å². The summed E-state index contributed by atoms with van der Waals surface area (Å²) < 4.78 is 4.15. The van der Waals surface area contributed by atoms with Gasteiger partial charge >= 0.3 is 0 Å². The van der Waals surface area contributed by atoms with E-state index in [0.717, 1.165) is 55.9 Å². The normalized spacial score (nSPS) is 15.9. The molecule has 1 atom stereocenters. The Balaban J connectivity index is 0.00000256. The smallest absolute Gasteiger partial charge is 0.191 e. The van der Waals surface area contributed by atoms with Gasteiger partial charge in [0.25, 0.3) is 0 Å². The highest BCUT2D eigenvalue weighted by molar-refractivity contribution is 14.0. The van der Waals surface area contributed by atoms with Gasteiger partial charge < -0.3 is 15.2 Å². The van der Waals surface area contributed by atoms with Crippen molar-refractivity contribution in [3.63, 3.8) is 0 Å². The first kappa shape index (κ1) is 22.3. The van der Waals surface area contributed by atoms with Gasteiger partial charge in [-0.1, -0.05) is 30.3 Å². The van der Waals surface area contributed by atoms with Crippen LogP contribution >= 0.6 is 24.0 Å². The molecule has 0 saturated heterocycles. The molecular weight excluding hydrogens is 491 g/mol. The molecule has 1 unspecified atom stereocenters.